The summed E-state index contributed by atoms with van der Waals surface area (Å²) in [5.41, 5.74) is 1.80. The third-order valence-corrected chi connectivity index (χ3v) is 6.18. The molecule has 2 atom stereocenters. The van der Waals surface area contributed by atoms with Gasteiger partial charge in [0.1, 0.15) is 10.8 Å². The molecule has 1 fully saturated rings. The van der Waals surface area contributed by atoms with Crippen molar-refractivity contribution < 1.29 is 5.11 Å². The molecule has 2 aliphatic rings. The van der Waals surface area contributed by atoms with Crippen LogP contribution in [-0.4, -0.2) is 51.6 Å². The molecular formula is C14H18N2OS2. The normalized spacial score (nSPS) is 27.8. The first-order valence-electron chi connectivity index (χ1n) is 6.48. The van der Waals surface area contributed by atoms with Crippen LogP contribution in [0.3, 0.4) is 0 Å². The van der Waals surface area contributed by atoms with Crippen LogP contribution in [0.2, 0.25) is 0 Å². The van der Waals surface area contributed by atoms with Gasteiger partial charge in [-0.15, -0.1) is 23.5 Å². The summed E-state index contributed by atoms with van der Waals surface area (Å²) in [7, 11) is 2.17. The van der Waals surface area contributed by atoms with Crippen LogP contribution in [0.25, 0.3) is 0 Å². The number of phenolic OH excluding ortho intramolecular Hbond substituents is 1. The topological polar surface area (TPSA) is 35.8 Å². The maximum absolute atomic E-state index is 10.2. The lowest BCUT2D eigenvalue weighted by atomic mass is 10.1. The van der Waals surface area contributed by atoms with Gasteiger partial charge in [0.25, 0.3) is 0 Å². The first-order chi connectivity index (χ1) is 9.16. The van der Waals surface area contributed by atoms with Crippen molar-refractivity contribution in [3.63, 3.8) is 0 Å². The Bertz CT molecular complexity index is 518. The molecule has 0 radical (unpaired) electrons. The summed E-state index contributed by atoms with van der Waals surface area (Å²) in [4.78, 5) is 7.24. The number of phenols is 1. The Morgan fingerprint density at radius 1 is 1.42 bits per heavy atom. The molecule has 0 amide bonds. The first-order valence-corrected chi connectivity index (χ1v) is 8.51. The van der Waals surface area contributed by atoms with Crippen molar-refractivity contribution in [3.05, 3.63) is 29.3 Å². The number of aryl methyl sites for hydroxylation is 1. The highest BCUT2D eigenvalue weighted by Crippen LogP contribution is 2.36. The van der Waals surface area contributed by atoms with E-state index in [0.717, 1.165) is 28.5 Å². The van der Waals surface area contributed by atoms with E-state index in [9.17, 15) is 5.11 Å². The van der Waals surface area contributed by atoms with Crippen molar-refractivity contribution in [1.29, 1.82) is 0 Å². The van der Waals surface area contributed by atoms with Gasteiger partial charge in [-0.1, -0.05) is 12.1 Å². The molecule has 0 bridgehead atoms. The highest BCUT2D eigenvalue weighted by Gasteiger charge is 2.33. The van der Waals surface area contributed by atoms with Crippen molar-refractivity contribution in [2.75, 3.05) is 25.1 Å². The Kier molecular flexibility index (Phi) is 3.78. The van der Waals surface area contributed by atoms with Gasteiger partial charge in [-0.25, -0.2) is 0 Å². The molecule has 2 aliphatic heterocycles. The van der Waals surface area contributed by atoms with Gasteiger partial charge >= 0.3 is 0 Å². The second kappa shape index (κ2) is 5.38. The van der Waals surface area contributed by atoms with Crippen molar-refractivity contribution in [2.24, 2.45) is 4.99 Å². The number of nitrogens with zero attached hydrogens (tertiary/aromatic N) is 2. The molecule has 1 aromatic carbocycles. The number of likely N-dealkylation sites (N-methyl/N-ethyl adjacent to an activating group) is 1. The number of hydrogen-bond acceptors (Lipinski definition) is 5. The zero-order valence-electron chi connectivity index (χ0n) is 11.2. The molecule has 0 aromatic heterocycles. The molecule has 1 saturated heterocycles. The Labute approximate surface area is 122 Å². The molecule has 2 heterocycles. The van der Waals surface area contributed by atoms with Crippen molar-refractivity contribution in [3.8, 4) is 5.75 Å². The molecule has 0 aliphatic carbocycles. The predicted molar refractivity (Wildman–Crippen MR) is 84.5 cm³/mol. The summed E-state index contributed by atoms with van der Waals surface area (Å²) in [6.07, 6.45) is 0. The van der Waals surface area contributed by atoms with E-state index in [-0.39, 0.29) is 0 Å². The quantitative estimate of drug-likeness (QED) is 0.909. The summed E-state index contributed by atoms with van der Waals surface area (Å²) < 4.78 is 0. The van der Waals surface area contributed by atoms with Gasteiger partial charge in [-0.3, -0.25) is 9.89 Å². The third kappa shape index (κ3) is 2.51. The molecule has 1 N–H and O–H groups in total. The largest absolute Gasteiger partial charge is 0.507 e. The van der Waals surface area contributed by atoms with Gasteiger partial charge in [0.15, 0.2) is 0 Å². The van der Waals surface area contributed by atoms with Crippen LogP contribution in [0, 0.1) is 6.92 Å². The Morgan fingerprint density at radius 3 is 3.00 bits per heavy atom. The third-order valence-electron chi connectivity index (χ3n) is 3.64. The summed E-state index contributed by atoms with van der Waals surface area (Å²) in [6, 6.07) is 6.22. The number of aromatic hydroxyl groups is 1. The molecule has 3 rings (SSSR count). The van der Waals surface area contributed by atoms with Gasteiger partial charge < -0.3 is 5.11 Å². The fourth-order valence-electron chi connectivity index (χ4n) is 2.49. The van der Waals surface area contributed by atoms with Gasteiger partial charge in [0, 0.05) is 23.6 Å². The number of benzene rings is 1. The smallest absolute Gasteiger partial charge is 0.128 e. The van der Waals surface area contributed by atoms with E-state index >= 15 is 0 Å². The lowest BCUT2D eigenvalue weighted by molar-refractivity contribution is 0.328. The molecule has 5 heteroatoms. The highest BCUT2D eigenvalue weighted by molar-refractivity contribution is 8.14. The first kappa shape index (κ1) is 13.3. The van der Waals surface area contributed by atoms with Crippen molar-refractivity contribution >= 4 is 28.6 Å². The van der Waals surface area contributed by atoms with E-state index in [1.165, 1.54) is 5.75 Å². The monoisotopic (exact) mass is 294 g/mol. The molecule has 1 aromatic rings. The van der Waals surface area contributed by atoms with Crippen LogP contribution >= 0.6 is 23.5 Å². The number of hydrogen-bond donors (Lipinski definition) is 1. The highest BCUT2D eigenvalue weighted by atomic mass is 32.2. The lowest BCUT2D eigenvalue weighted by Gasteiger charge is -2.21. The van der Waals surface area contributed by atoms with Crippen LogP contribution in [-0.2, 0) is 0 Å². The summed E-state index contributed by atoms with van der Waals surface area (Å²) in [6.45, 7) is 3.08. The Hall–Kier alpha value is -0.650. The van der Waals surface area contributed by atoms with Crippen molar-refractivity contribution in [2.45, 2.75) is 18.3 Å². The van der Waals surface area contributed by atoms with Crippen LogP contribution < -0.4 is 0 Å². The average molecular weight is 294 g/mol. The molecule has 2 unspecified atom stereocenters. The average Bonchev–Trinajstić information content (AvgIpc) is 3.01. The minimum Gasteiger partial charge on any atom is -0.507 e. The minimum absolute atomic E-state index is 0.345. The predicted octanol–water partition coefficient (Wildman–Crippen LogP) is 2.57. The SMILES string of the molecule is Cc1cccc(C2=NC(C3SCCN3C)CS2)c1O. The second-order valence-electron chi connectivity index (χ2n) is 5.03. The molecule has 3 nitrogen and oxygen atoms in total. The lowest BCUT2D eigenvalue weighted by Crippen LogP contribution is -2.33. The van der Waals surface area contributed by atoms with Gasteiger partial charge in [0.05, 0.1) is 11.4 Å². The van der Waals surface area contributed by atoms with E-state index in [4.69, 9.17) is 4.99 Å². The van der Waals surface area contributed by atoms with Crippen LogP contribution in [0.1, 0.15) is 11.1 Å². The van der Waals surface area contributed by atoms with E-state index in [0.29, 0.717) is 17.2 Å². The molecular weight excluding hydrogens is 276 g/mol. The number of aliphatic imine (C=N–C) groups is 1. The minimum atomic E-state index is 0.345. The number of para-hydroxylation sites is 1. The molecule has 0 saturated carbocycles. The standard InChI is InChI=1S/C14H18N2OS2/c1-9-4-3-5-10(12(9)17)13-15-11(8-19-13)14-16(2)6-7-18-14/h3-5,11,14,17H,6-8H2,1-2H3. The van der Waals surface area contributed by atoms with Gasteiger partial charge in [-0.05, 0) is 25.6 Å². The van der Waals surface area contributed by atoms with E-state index < -0.39 is 0 Å². The van der Waals surface area contributed by atoms with Gasteiger partial charge in [0.2, 0.25) is 0 Å². The van der Waals surface area contributed by atoms with Crippen LogP contribution in [0.15, 0.2) is 23.2 Å². The van der Waals surface area contributed by atoms with Crippen molar-refractivity contribution in [1.82, 2.24) is 4.90 Å². The number of rotatable bonds is 2. The summed E-state index contributed by atoms with van der Waals surface area (Å²) >= 11 is 3.76. The second-order valence-corrected chi connectivity index (χ2v) is 7.26. The summed E-state index contributed by atoms with van der Waals surface area (Å²) in [5.74, 6) is 2.59. The molecule has 19 heavy (non-hydrogen) atoms. The fourth-order valence-corrected chi connectivity index (χ4v) is 5.10. The zero-order valence-corrected chi connectivity index (χ0v) is 12.8. The summed E-state index contributed by atoms with van der Waals surface area (Å²) in [5, 5.41) is 11.6. The van der Waals surface area contributed by atoms with E-state index in [1.807, 2.05) is 36.9 Å². The zero-order chi connectivity index (χ0) is 13.4. The number of thioether (sulfide) groups is 2. The Balaban J connectivity index is 1.85. The molecule has 0 spiro atoms. The van der Waals surface area contributed by atoms with Gasteiger partial charge in [-0.2, -0.15) is 0 Å². The Morgan fingerprint density at radius 2 is 2.26 bits per heavy atom. The van der Waals surface area contributed by atoms with E-state index in [1.54, 1.807) is 11.8 Å². The van der Waals surface area contributed by atoms with E-state index in [2.05, 4.69) is 11.9 Å². The van der Waals surface area contributed by atoms with Crippen LogP contribution in [0.5, 0.6) is 5.75 Å². The van der Waals surface area contributed by atoms with Crippen LogP contribution in [0.4, 0.5) is 0 Å². The molecule has 102 valence electrons. The maximum Gasteiger partial charge on any atom is 0.128 e. The maximum atomic E-state index is 10.2. The fraction of sp³-hybridized carbons (Fsp3) is 0.500.